The standard InChI is InChI=1S/C15H11ClN2O.CH4/c1-10(19)11-2-4-12(5-3-11)14-9-18-8-13(16)6-7-15(18)17-14;/h2-9H,1H3;1H4. The predicted octanol–water partition coefficient (Wildman–Crippen LogP) is 4.49. The highest BCUT2D eigenvalue weighted by Crippen LogP contribution is 2.21. The molecule has 0 spiro atoms. The van der Waals surface area contributed by atoms with Crippen LogP contribution in [0.1, 0.15) is 24.7 Å². The van der Waals surface area contributed by atoms with Crippen LogP contribution < -0.4 is 0 Å². The van der Waals surface area contributed by atoms with Crippen molar-refractivity contribution in [2.75, 3.05) is 0 Å². The Morgan fingerprint density at radius 1 is 1.10 bits per heavy atom. The van der Waals surface area contributed by atoms with Crippen molar-refractivity contribution in [2.45, 2.75) is 14.4 Å². The van der Waals surface area contributed by atoms with E-state index < -0.39 is 0 Å². The average Bonchev–Trinajstić information content (AvgIpc) is 2.81. The molecule has 3 nitrogen and oxygen atoms in total. The predicted molar refractivity (Wildman–Crippen MR) is 82.4 cm³/mol. The van der Waals surface area contributed by atoms with E-state index in [9.17, 15) is 4.79 Å². The lowest BCUT2D eigenvalue weighted by molar-refractivity contribution is 0.101. The Morgan fingerprint density at radius 2 is 1.80 bits per heavy atom. The summed E-state index contributed by atoms with van der Waals surface area (Å²) >= 11 is 5.94. The average molecular weight is 287 g/mol. The second kappa shape index (κ2) is 5.47. The maximum Gasteiger partial charge on any atom is 0.159 e. The minimum absolute atomic E-state index is 0. The van der Waals surface area contributed by atoms with Crippen LogP contribution in [0.4, 0.5) is 0 Å². The van der Waals surface area contributed by atoms with Gasteiger partial charge in [-0.25, -0.2) is 4.98 Å². The van der Waals surface area contributed by atoms with Gasteiger partial charge in [0.15, 0.2) is 5.78 Å². The van der Waals surface area contributed by atoms with Crippen LogP contribution >= 0.6 is 11.6 Å². The smallest absolute Gasteiger partial charge is 0.159 e. The number of halogens is 1. The van der Waals surface area contributed by atoms with Crippen LogP contribution in [0.5, 0.6) is 0 Å². The van der Waals surface area contributed by atoms with E-state index in [0.717, 1.165) is 16.9 Å². The number of benzene rings is 1. The largest absolute Gasteiger partial charge is 0.305 e. The summed E-state index contributed by atoms with van der Waals surface area (Å²) in [5.74, 6) is 0.0633. The molecule has 4 heteroatoms. The molecular weight excluding hydrogens is 272 g/mol. The molecule has 102 valence electrons. The van der Waals surface area contributed by atoms with Crippen molar-refractivity contribution in [3.63, 3.8) is 0 Å². The SMILES string of the molecule is C.CC(=O)c1ccc(-c2cn3cc(Cl)ccc3n2)cc1. The summed E-state index contributed by atoms with van der Waals surface area (Å²) in [5, 5.41) is 0.670. The summed E-state index contributed by atoms with van der Waals surface area (Å²) in [5.41, 5.74) is 3.38. The van der Waals surface area contributed by atoms with Crippen molar-refractivity contribution in [1.29, 1.82) is 0 Å². The second-order valence-corrected chi connectivity index (χ2v) is 4.81. The Balaban J connectivity index is 0.00000147. The third kappa shape index (κ3) is 2.58. The number of hydrogen-bond donors (Lipinski definition) is 0. The van der Waals surface area contributed by atoms with Crippen molar-refractivity contribution in [3.8, 4) is 11.3 Å². The van der Waals surface area contributed by atoms with E-state index >= 15 is 0 Å². The van der Waals surface area contributed by atoms with Crippen LogP contribution in [0.2, 0.25) is 5.02 Å². The Kier molecular flexibility index (Phi) is 3.91. The van der Waals surface area contributed by atoms with Crippen LogP contribution in [0, 0.1) is 0 Å². The van der Waals surface area contributed by atoms with Crippen molar-refractivity contribution in [1.82, 2.24) is 9.38 Å². The van der Waals surface area contributed by atoms with Gasteiger partial charge < -0.3 is 4.40 Å². The first-order valence-corrected chi connectivity index (χ1v) is 6.27. The Labute approximate surface area is 122 Å². The molecule has 0 atom stereocenters. The quantitative estimate of drug-likeness (QED) is 0.650. The lowest BCUT2D eigenvalue weighted by Gasteiger charge is -1.98. The first-order chi connectivity index (χ1) is 9.13. The number of ketones is 1. The van der Waals surface area contributed by atoms with E-state index in [2.05, 4.69) is 4.98 Å². The van der Waals surface area contributed by atoms with E-state index in [4.69, 9.17) is 11.6 Å². The Morgan fingerprint density at radius 3 is 2.45 bits per heavy atom. The topological polar surface area (TPSA) is 34.4 Å². The molecule has 0 bridgehead atoms. The number of nitrogens with zero attached hydrogens (tertiary/aromatic N) is 2. The fraction of sp³-hybridized carbons (Fsp3) is 0.125. The van der Waals surface area contributed by atoms with Gasteiger partial charge in [0.1, 0.15) is 5.65 Å². The van der Waals surface area contributed by atoms with Crippen molar-refractivity contribution >= 4 is 23.0 Å². The van der Waals surface area contributed by atoms with Crippen LogP contribution in [-0.2, 0) is 0 Å². The fourth-order valence-corrected chi connectivity index (χ4v) is 2.15. The van der Waals surface area contributed by atoms with Gasteiger partial charge in [0.25, 0.3) is 0 Å². The molecule has 0 unspecified atom stereocenters. The Bertz CT molecular complexity index is 760. The molecule has 1 aromatic carbocycles. The lowest BCUT2D eigenvalue weighted by Crippen LogP contribution is -1.90. The number of rotatable bonds is 2. The molecule has 0 radical (unpaired) electrons. The third-order valence-corrected chi connectivity index (χ3v) is 3.23. The van der Waals surface area contributed by atoms with Gasteiger partial charge in [-0.05, 0) is 19.1 Å². The summed E-state index contributed by atoms with van der Waals surface area (Å²) in [7, 11) is 0. The van der Waals surface area contributed by atoms with Gasteiger partial charge in [-0.1, -0.05) is 43.3 Å². The third-order valence-electron chi connectivity index (χ3n) is 3.00. The molecule has 0 amide bonds. The molecular formula is C16H15ClN2O. The normalized spacial score (nSPS) is 10.3. The molecule has 0 N–H and O–H groups in total. The van der Waals surface area contributed by atoms with E-state index in [1.54, 1.807) is 6.92 Å². The zero-order valence-corrected chi connectivity index (χ0v) is 11.1. The number of carbonyl (C=O) groups is 1. The highest BCUT2D eigenvalue weighted by molar-refractivity contribution is 6.30. The molecule has 0 aliphatic rings. The minimum Gasteiger partial charge on any atom is -0.305 e. The molecule has 2 aromatic heterocycles. The van der Waals surface area contributed by atoms with Gasteiger partial charge in [-0.15, -0.1) is 0 Å². The summed E-state index contributed by atoms with van der Waals surface area (Å²) in [6, 6.07) is 11.1. The van der Waals surface area contributed by atoms with Gasteiger partial charge in [0.05, 0.1) is 10.7 Å². The molecule has 2 heterocycles. The van der Waals surface area contributed by atoms with Crippen LogP contribution in [0.15, 0.2) is 48.8 Å². The zero-order chi connectivity index (χ0) is 13.4. The molecule has 0 aliphatic carbocycles. The lowest BCUT2D eigenvalue weighted by atomic mass is 10.1. The minimum atomic E-state index is 0. The maximum absolute atomic E-state index is 11.2. The number of hydrogen-bond acceptors (Lipinski definition) is 2. The molecule has 0 saturated heterocycles. The molecule has 3 rings (SSSR count). The number of pyridine rings is 1. The highest BCUT2D eigenvalue weighted by atomic mass is 35.5. The molecule has 3 aromatic rings. The summed E-state index contributed by atoms with van der Waals surface area (Å²) in [6.07, 6.45) is 3.74. The van der Waals surface area contributed by atoms with Gasteiger partial charge in [-0.3, -0.25) is 4.79 Å². The van der Waals surface area contributed by atoms with Crippen LogP contribution in [0.3, 0.4) is 0 Å². The van der Waals surface area contributed by atoms with Crippen LogP contribution in [-0.4, -0.2) is 15.2 Å². The second-order valence-electron chi connectivity index (χ2n) is 4.37. The number of Topliss-reactive ketones (excluding diaryl/α,β-unsaturated/α-hetero) is 1. The van der Waals surface area contributed by atoms with Gasteiger partial charge in [0.2, 0.25) is 0 Å². The maximum atomic E-state index is 11.2. The van der Waals surface area contributed by atoms with Crippen molar-refractivity contribution in [3.05, 3.63) is 59.4 Å². The van der Waals surface area contributed by atoms with Crippen molar-refractivity contribution in [2.24, 2.45) is 0 Å². The van der Waals surface area contributed by atoms with E-state index in [1.807, 2.05) is 53.2 Å². The first kappa shape index (κ1) is 14.3. The van der Waals surface area contributed by atoms with Gasteiger partial charge in [-0.2, -0.15) is 0 Å². The molecule has 0 fully saturated rings. The highest BCUT2D eigenvalue weighted by Gasteiger charge is 2.05. The van der Waals surface area contributed by atoms with Crippen molar-refractivity contribution < 1.29 is 4.79 Å². The van der Waals surface area contributed by atoms with Crippen LogP contribution in [0.25, 0.3) is 16.9 Å². The number of imidazole rings is 1. The molecule has 0 aliphatic heterocycles. The fourth-order valence-electron chi connectivity index (χ4n) is 1.98. The van der Waals surface area contributed by atoms with E-state index in [1.165, 1.54) is 0 Å². The summed E-state index contributed by atoms with van der Waals surface area (Å²) in [6.45, 7) is 1.56. The number of fused-ring (bicyclic) bond motifs is 1. The number of carbonyl (C=O) groups excluding carboxylic acids is 1. The summed E-state index contributed by atoms with van der Waals surface area (Å²) < 4.78 is 1.89. The molecule has 0 saturated carbocycles. The zero-order valence-electron chi connectivity index (χ0n) is 10.3. The molecule has 20 heavy (non-hydrogen) atoms. The van der Waals surface area contributed by atoms with Gasteiger partial charge >= 0.3 is 0 Å². The monoisotopic (exact) mass is 286 g/mol. The Hall–Kier alpha value is -2.13. The van der Waals surface area contributed by atoms with E-state index in [-0.39, 0.29) is 13.2 Å². The summed E-state index contributed by atoms with van der Waals surface area (Å²) in [4.78, 5) is 15.8. The van der Waals surface area contributed by atoms with Gasteiger partial charge in [0, 0.05) is 23.5 Å². The first-order valence-electron chi connectivity index (χ1n) is 5.89. The number of aromatic nitrogens is 2. The van der Waals surface area contributed by atoms with E-state index in [0.29, 0.717) is 10.6 Å².